The summed E-state index contributed by atoms with van der Waals surface area (Å²) in [5.74, 6) is 0.0740. The molecule has 1 atom stereocenters. The number of benzene rings is 1. The van der Waals surface area contributed by atoms with Gasteiger partial charge in [0.1, 0.15) is 0 Å². The molecule has 2 amide bonds. The zero-order valence-corrected chi connectivity index (χ0v) is 16.2. The van der Waals surface area contributed by atoms with Gasteiger partial charge in [0.2, 0.25) is 0 Å². The van der Waals surface area contributed by atoms with E-state index in [1.807, 2.05) is 42.3 Å². The van der Waals surface area contributed by atoms with Crippen molar-refractivity contribution >= 4 is 11.8 Å². The summed E-state index contributed by atoms with van der Waals surface area (Å²) in [6, 6.07) is 9.69. The molecular weight excluding hydrogens is 370 g/mol. The van der Waals surface area contributed by atoms with E-state index in [9.17, 15) is 9.59 Å². The van der Waals surface area contributed by atoms with Crippen LogP contribution >= 0.6 is 0 Å². The summed E-state index contributed by atoms with van der Waals surface area (Å²) >= 11 is 0. The van der Waals surface area contributed by atoms with Crippen LogP contribution in [0.4, 0.5) is 0 Å². The number of aromatic nitrogens is 5. The first-order valence-corrected chi connectivity index (χ1v) is 9.62. The van der Waals surface area contributed by atoms with Crippen LogP contribution in [0, 0.1) is 0 Å². The lowest BCUT2D eigenvalue weighted by molar-refractivity contribution is 0.0704. The monoisotopic (exact) mass is 393 g/mol. The van der Waals surface area contributed by atoms with Gasteiger partial charge in [0, 0.05) is 32.5 Å². The van der Waals surface area contributed by atoms with Crippen molar-refractivity contribution in [3.05, 3.63) is 66.0 Å². The number of aryl methyl sites for hydroxylation is 1. The van der Waals surface area contributed by atoms with Crippen LogP contribution in [0.25, 0.3) is 0 Å². The van der Waals surface area contributed by atoms with Gasteiger partial charge in [-0.2, -0.15) is 0 Å². The average molecular weight is 393 g/mol. The van der Waals surface area contributed by atoms with Gasteiger partial charge >= 0.3 is 0 Å². The van der Waals surface area contributed by atoms with Crippen molar-refractivity contribution < 1.29 is 9.59 Å². The molecule has 1 N–H and O–H groups in total. The largest absolute Gasteiger partial charge is 0.347 e. The molecular formula is C20H23N7O2. The fourth-order valence-electron chi connectivity index (χ4n) is 3.57. The molecule has 1 fully saturated rings. The third-order valence-electron chi connectivity index (χ3n) is 5.12. The number of hydrogen-bond acceptors (Lipinski definition) is 5. The molecule has 0 bridgehead atoms. The molecule has 29 heavy (non-hydrogen) atoms. The molecule has 150 valence electrons. The van der Waals surface area contributed by atoms with Gasteiger partial charge in [-0.1, -0.05) is 35.5 Å². The van der Waals surface area contributed by atoms with E-state index in [4.69, 9.17) is 0 Å². The van der Waals surface area contributed by atoms with Crippen molar-refractivity contribution in [2.75, 3.05) is 6.54 Å². The highest BCUT2D eigenvalue weighted by molar-refractivity contribution is 5.92. The number of imidazole rings is 1. The van der Waals surface area contributed by atoms with Crippen molar-refractivity contribution in [3.8, 4) is 0 Å². The molecule has 0 radical (unpaired) electrons. The van der Waals surface area contributed by atoms with Crippen molar-refractivity contribution in [2.45, 2.75) is 32.0 Å². The SMILES string of the molecule is Cn1ccnc1C(=O)N1CCC[C@H]1Cn1cc(C(=O)NCc2ccccc2)nn1. The zero-order chi connectivity index (χ0) is 20.2. The number of likely N-dealkylation sites (tertiary alicyclic amines) is 1. The highest BCUT2D eigenvalue weighted by Crippen LogP contribution is 2.21. The van der Waals surface area contributed by atoms with E-state index in [1.54, 1.807) is 27.8 Å². The van der Waals surface area contributed by atoms with Gasteiger partial charge in [0.15, 0.2) is 11.5 Å². The maximum absolute atomic E-state index is 12.8. The normalized spacial score (nSPS) is 16.2. The molecule has 1 aromatic carbocycles. The number of rotatable bonds is 6. The topological polar surface area (TPSA) is 97.9 Å². The molecule has 1 saturated heterocycles. The number of carbonyl (C=O) groups is 2. The lowest BCUT2D eigenvalue weighted by atomic mass is 10.2. The lowest BCUT2D eigenvalue weighted by Gasteiger charge is -2.24. The summed E-state index contributed by atoms with van der Waals surface area (Å²) in [6.45, 7) is 1.62. The third kappa shape index (κ3) is 4.18. The van der Waals surface area contributed by atoms with Gasteiger partial charge in [-0.3, -0.25) is 9.59 Å². The molecule has 9 heteroatoms. The number of carbonyl (C=O) groups excluding carboxylic acids is 2. The maximum atomic E-state index is 12.8. The van der Waals surface area contributed by atoms with Crippen LogP contribution in [0.15, 0.2) is 48.9 Å². The second-order valence-corrected chi connectivity index (χ2v) is 7.15. The first kappa shape index (κ1) is 18.9. The van der Waals surface area contributed by atoms with Crippen molar-refractivity contribution in [1.29, 1.82) is 0 Å². The molecule has 1 aliphatic rings. The minimum Gasteiger partial charge on any atom is -0.347 e. The summed E-state index contributed by atoms with van der Waals surface area (Å²) in [5, 5.41) is 10.9. The van der Waals surface area contributed by atoms with E-state index in [0.29, 0.717) is 25.5 Å². The fraction of sp³-hybridized carbons (Fsp3) is 0.350. The Bertz CT molecular complexity index is 995. The Labute approximate surface area is 168 Å². The Morgan fingerprint density at radius 2 is 2.07 bits per heavy atom. The number of nitrogens with zero attached hydrogens (tertiary/aromatic N) is 6. The summed E-state index contributed by atoms with van der Waals surface area (Å²) in [4.78, 5) is 31.1. The van der Waals surface area contributed by atoms with E-state index >= 15 is 0 Å². The Balaban J connectivity index is 1.37. The van der Waals surface area contributed by atoms with Gasteiger partial charge in [0.25, 0.3) is 11.8 Å². The Kier molecular flexibility index (Phi) is 5.37. The second kappa shape index (κ2) is 8.26. The van der Waals surface area contributed by atoms with E-state index in [0.717, 1.165) is 18.4 Å². The molecule has 4 rings (SSSR count). The molecule has 0 unspecified atom stereocenters. The van der Waals surface area contributed by atoms with Crippen LogP contribution in [0.3, 0.4) is 0 Å². The minimum absolute atomic E-state index is 0.00105. The molecule has 9 nitrogen and oxygen atoms in total. The molecule has 3 heterocycles. The van der Waals surface area contributed by atoms with Crippen molar-refractivity contribution in [3.63, 3.8) is 0 Å². The molecule has 3 aromatic rings. The first-order chi connectivity index (χ1) is 14.1. The van der Waals surface area contributed by atoms with Crippen LogP contribution < -0.4 is 5.32 Å². The van der Waals surface area contributed by atoms with Crippen LogP contribution in [0.2, 0.25) is 0 Å². The van der Waals surface area contributed by atoms with E-state index in [-0.39, 0.29) is 23.6 Å². The van der Waals surface area contributed by atoms with Crippen LogP contribution in [-0.2, 0) is 20.1 Å². The second-order valence-electron chi connectivity index (χ2n) is 7.15. The van der Waals surface area contributed by atoms with Gasteiger partial charge in [-0.25, -0.2) is 9.67 Å². The highest BCUT2D eigenvalue weighted by Gasteiger charge is 2.31. The van der Waals surface area contributed by atoms with Crippen molar-refractivity contribution in [2.24, 2.45) is 7.05 Å². The van der Waals surface area contributed by atoms with Crippen LogP contribution in [0.5, 0.6) is 0 Å². The summed E-state index contributed by atoms with van der Waals surface area (Å²) < 4.78 is 3.36. The standard InChI is InChI=1S/C20H23N7O2/c1-25-11-9-21-18(25)20(29)27-10-5-8-16(27)13-26-14-17(23-24-26)19(28)22-12-15-6-3-2-4-7-15/h2-4,6-7,9,11,14,16H,5,8,10,12-13H2,1H3,(H,22,28)/t16-/m0/s1. The van der Waals surface area contributed by atoms with Gasteiger partial charge < -0.3 is 14.8 Å². The molecule has 2 aromatic heterocycles. The fourth-order valence-corrected chi connectivity index (χ4v) is 3.57. The summed E-state index contributed by atoms with van der Waals surface area (Å²) in [7, 11) is 1.81. The molecule has 0 spiro atoms. The minimum atomic E-state index is -0.271. The van der Waals surface area contributed by atoms with Gasteiger partial charge in [-0.05, 0) is 18.4 Å². The Morgan fingerprint density at radius 3 is 2.83 bits per heavy atom. The third-order valence-corrected chi connectivity index (χ3v) is 5.12. The Morgan fingerprint density at radius 1 is 1.24 bits per heavy atom. The van der Waals surface area contributed by atoms with E-state index < -0.39 is 0 Å². The molecule has 0 saturated carbocycles. The summed E-state index contributed by atoms with van der Waals surface area (Å²) in [5.41, 5.74) is 1.28. The van der Waals surface area contributed by atoms with Crippen LogP contribution in [0.1, 0.15) is 39.5 Å². The average Bonchev–Trinajstić information content (AvgIpc) is 3.48. The lowest BCUT2D eigenvalue weighted by Crippen LogP contribution is -2.39. The predicted molar refractivity (Wildman–Crippen MR) is 105 cm³/mol. The first-order valence-electron chi connectivity index (χ1n) is 9.62. The van der Waals surface area contributed by atoms with Gasteiger partial charge in [0.05, 0.1) is 18.8 Å². The molecule has 1 aliphatic heterocycles. The zero-order valence-electron chi connectivity index (χ0n) is 16.2. The quantitative estimate of drug-likeness (QED) is 0.680. The predicted octanol–water partition coefficient (Wildman–Crippen LogP) is 1.25. The molecule has 0 aliphatic carbocycles. The highest BCUT2D eigenvalue weighted by atomic mass is 16.2. The Hall–Kier alpha value is -3.49. The van der Waals surface area contributed by atoms with Gasteiger partial charge in [-0.15, -0.1) is 5.10 Å². The maximum Gasteiger partial charge on any atom is 0.290 e. The summed E-state index contributed by atoms with van der Waals surface area (Å²) in [6.07, 6.45) is 6.82. The number of hydrogen-bond donors (Lipinski definition) is 1. The number of nitrogens with one attached hydrogen (secondary N) is 1. The van der Waals surface area contributed by atoms with E-state index in [1.165, 1.54) is 0 Å². The van der Waals surface area contributed by atoms with E-state index in [2.05, 4.69) is 20.6 Å². The smallest absolute Gasteiger partial charge is 0.290 e. The van der Waals surface area contributed by atoms with Crippen molar-refractivity contribution in [1.82, 2.24) is 34.8 Å². The number of amides is 2. The van der Waals surface area contributed by atoms with Crippen LogP contribution in [-0.4, -0.2) is 53.8 Å².